The van der Waals surface area contributed by atoms with Crippen molar-refractivity contribution in [3.05, 3.63) is 55.0 Å². The predicted octanol–water partition coefficient (Wildman–Crippen LogP) is 3.34. The van der Waals surface area contributed by atoms with E-state index in [1.165, 1.54) is 0 Å². The maximum Gasteiger partial charge on any atom is 0.137 e. The number of aromatic amines is 1. The van der Waals surface area contributed by atoms with Crippen LogP contribution < -0.4 is 4.74 Å². The van der Waals surface area contributed by atoms with Crippen LogP contribution in [0, 0.1) is 0 Å². The van der Waals surface area contributed by atoms with Crippen molar-refractivity contribution in [2.75, 3.05) is 39.5 Å². The molecule has 0 atom stereocenters. The molecule has 0 unspecified atom stereocenters. The summed E-state index contributed by atoms with van der Waals surface area (Å²) < 4.78 is 13.1. The molecule has 7 nitrogen and oxygen atoms in total. The van der Waals surface area contributed by atoms with E-state index in [0.717, 1.165) is 72.0 Å². The molecule has 1 aliphatic heterocycles. The van der Waals surface area contributed by atoms with E-state index in [-0.39, 0.29) is 0 Å². The van der Waals surface area contributed by atoms with Crippen LogP contribution in [0.2, 0.25) is 0 Å². The summed E-state index contributed by atoms with van der Waals surface area (Å²) in [4.78, 5) is 10.2. The average Bonchev–Trinajstić information content (AvgIpc) is 3.40. The van der Waals surface area contributed by atoms with Gasteiger partial charge in [0.1, 0.15) is 18.0 Å². The monoisotopic (exact) mass is 403 g/mol. The first kappa shape index (κ1) is 18.8. The van der Waals surface area contributed by atoms with Gasteiger partial charge in [-0.3, -0.25) is 9.58 Å². The molecule has 1 fully saturated rings. The number of nitrogens with zero attached hydrogens (tertiary/aromatic N) is 4. The van der Waals surface area contributed by atoms with Gasteiger partial charge in [-0.1, -0.05) is 12.1 Å². The summed E-state index contributed by atoms with van der Waals surface area (Å²) in [5.74, 6) is 0.886. The number of morpholine rings is 1. The number of nitrogens with one attached hydrogen (secondary N) is 1. The molecule has 1 saturated heterocycles. The molecule has 1 aromatic carbocycles. The van der Waals surface area contributed by atoms with E-state index < -0.39 is 0 Å². The first-order valence-electron chi connectivity index (χ1n) is 10.3. The van der Waals surface area contributed by atoms with Crippen molar-refractivity contribution in [1.29, 1.82) is 0 Å². The highest BCUT2D eigenvalue weighted by Crippen LogP contribution is 2.30. The molecule has 154 valence electrons. The number of aromatic nitrogens is 4. The number of rotatable bonds is 6. The third-order valence-corrected chi connectivity index (χ3v) is 5.49. The average molecular weight is 403 g/mol. The van der Waals surface area contributed by atoms with Crippen LogP contribution in [0.1, 0.15) is 0 Å². The van der Waals surface area contributed by atoms with Gasteiger partial charge in [-0.25, -0.2) is 4.98 Å². The Bertz CT molecular complexity index is 1130. The van der Waals surface area contributed by atoms with E-state index in [2.05, 4.69) is 38.2 Å². The van der Waals surface area contributed by atoms with Crippen LogP contribution in [0.3, 0.4) is 0 Å². The minimum Gasteiger partial charge on any atom is -0.492 e. The lowest BCUT2D eigenvalue weighted by atomic mass is 10.0. The first-order chi connectivity index (χ1) is 14.8. The van der Waals surface area contributed by atoms with Crippen molar-refractivity contribution in [1.82, 2.24) is 24.6 Å². The number of fused-ring (bicyclic) bond motifs is 1. The van der Waals surface area contributed by atoms with Crippen LogP contribution in [-0.2, 0) is 11.8 Å². The molecule has 7 heteroatoms. The van der Waals surface area contributed by atoms with Gasteiger partial charge in [0.2, 0.25) is 0 Å². The van der Waals surface area contributed by atoms with Crippen molar-refractivity contribution in [2.24, 2.45) is 7.05 Å². The van der Waals surface area contributed by atoms with E-state index in [1.54, 1.807) is 0 Å². The van der Waals surface area contributed by atoms with Gasteiger partial charge in [-0.05, 0) is 29.8 Å². The Hall–Kier alpha value is -3.16. The van der Waals surface area contributed by atoms with Crippen molar-refractivity contribution in [2.45, 2.75) is 0 Å². The summed E-state index contributed by atoms with van der Waals surface area (Å²) in [6, 6.07) is 12.4. The van der Waals surface area contributed by atoms with Crippen molar-refractivity contribution < 1.29 is 9.47 Å². The maximum atomic E-state index is 5.92. The minimum absolute atomic E-state index is 0.684. The van der Waals surface area contributed by atoms with Gasteiger partial charge < -0.3 is 14.5 Å². The zero-order valence-electron chi connectivity index (χ0n) is 17.0. The Balaban J connectivity index is 1.30. The minimum atomic E-state index is 0.684. The van der Waals surface area contributed by atoms with E-state index >= 15 is 0 Å². The number of pyridine rings is 1. The van der Waals surface area contributed by atoms with Gasteiger partial charge in [0.05, 0.1) is 18.9 Å². The Morgan fingerprint density at radius 1 is 1.10 bits per heavy atom. The van der Waals surface area contributed by atoms with Gasteiger partial charge in [0, 0.05) is 61.8 Å². The zero-order chi connectivity index (χ0) is 20.3. The zero-order valence-corrected chi connectivity index (χ0v) is 17.0. The lowest BCUT2D eigenvalue weighted by Gasteiger charge is -2.26. The summed E-state index contributed by atoms with van der Waals surface area (Å²) in [7, 11) is 1.92. The second kappa shape index (κ2) is 8.30. The number of benzene rings is 1. The number of aryl methyl sites for hydroxylation is 1. The van der Waals surface area contributed by atoms with Crippen molar-refractivity contribution >= 4 is 11.0 Å². The van der Waals surface area contributed by atoms with Gasteiger partial charge in [-0.15, -0.1) is 0 Å². The molecule has 4 aromatic rings. The highest BCUT2D eigenvalue weighted by molar-refractivity contribution is 5.94. The molecule has 3 aromatic heterocycles. The van der Waals surface area contributed by atoms with E-state index in [4.69, 9.17) is 9.47 Å². The molecule has 0 bridgehead atoms. The quantitative estimate of drug-likeness (QED) is 0.535. The standard InChI is InChI=1S/C23H25N5O2/c1-27-7-6-22(26-27)21-16-25-23-20(21)14-18(15-24-23)17-2-4-19(5-3-17)30-13-10-28-8-11-29-12-9-28/h2-7,14-16H,8-13H2,1H3,(H,24,25). The van der Waals surface area contributed by atoms with Crippen molar-refractivity contribution in [3.63, 3.8) is 0 Å². The molecular weight excluding hydrogens is 378 g/mol. The topological polar surface area (TPSA) is 68.2 Å². The molecule has 4 heterocycles. The summed E-state index contributed by atoms with van der Waals surface area (Å²) >= 11 is 0. The van der Waals surface area contributed by atoms with Crippen LogP contribution in [0.5, 0.6) is 5.75 Å². The SMILES string of the molecule is Cn1ccc(-c2c[nH]c3ncc(-c4ccc(OCCN5CCOCC5)cc4)cc23)n1. The Morgan fingerprint density at radius 2 is 1.93 bits per heavy atom. The van der Waals surface area contributed by atoms with Gasteiger partial charge in [-0.2, -0.15) is 5.10 Å². The smallest absolute Gasteiger partial charge is 0.137 e. The van der Waals surface area contributed by atoms with Crippen LogP contribution in [-0.4, -0.2) is 64.1 Å². The number of hydrogen-bond acceptors (Lipinski definition) is 5. The molecule has 0 radical (unpaired) electrons. The van der Waals surface area contributed by atoms with Crippen molar-refractivity contribution in [3.8, 4) is 28.1 Å². The molecule has 5 rings (SSSR count). The molecular formula is C23H25N5O2. The largest absolute Gasteiger partial charge is 0.492 e. The number of hydrogen-bond donors (Lipinski definition) is 1. The lowest BCUT2D eigenvalue weighted by Crippen LogP contribution is -2.38. The lowest BCUT2D eigenvalue weighted by molar-refractivity contribution is 0.0322. The Kier molecular flexibility index (Phi) is 5.21. The first-order valence-corrected chi connectivity index (χ1v) is 10.3. The summed E-state index contributed by atoms with van der Waals surface area (Å²) in [6.07, 6.45) is 5.81. The third-order valence-electron chi connectivity index (χ3n) is 5.49. The predicted molar refractivity (Wildman–Crippen MR) is 116 cm³/mol. The van der Waals surface area contributed by atoms with Gasteiger partial charge >= 0.3 is 0 Å². The fourth-order valence-electron chi connectivity index (χ4n) is 3.79. The van der Waals surface area contributed by atoms with Crippen LogP contribution in [0.25, 0.3) is 33.4 Å². The van der Waals surface area contributed by atoms with E-state index in [0.29, 0.717) is 6.61 Å². The second-order valence-electron chi connectivity index (χ2n) is 7.52. The Morgan fingerprint density at radius 3 is 2.70 bits per heavy atom. The molecule has 30 heavy (non-hydrogen) atoms. The number of H-pyrrole nitrogens is 1. The summed E-state index contributed by atoms with van der Waals surface area (Å²) in [5.41, 5.74) is 5.04. The molecule has 0 spiro atoms. The number of ether oxygens (including phenoxy) is 2. The highest BCUT2D eigenvalue weighted by Gasteiger charge is 2.12. The molecule has 1 N–H and O–H groups in total. The van der Waals surface area contributed by atoms with Crippen LogP contribution in [0.15, 0.2) is 55.0 Å². The Labute approximate surface area is 175 Å². The summed E-state index contributed by atoms with van der Waals surface area (Å²) in [6.45, 7) is 5.21. The van der Waals surface area contributed by atoms with Gasteiger partial charge in [0.15, 0.2) is 0 Å². The van der Waals surface area contributed by atoms with E-state index in [9.17, 15) is 0 Å². The molecule has 0 aliphatic carbocycles. The fourth-order valence-corrected chi connectivity index (χ4v) is 3.79. The second-order valence-corrected chi connectivity index (χ2v) is 7.52. The molecule has 0 amide bonds. The van der Waals surface area contributed by atoms with Gasteiger partial charge in [0.25, 0.3) is 0 Å². The van der Waals surface area contributed by atoms with E-state index in [1.807, 2.05) is 48.5 Å². The van der Waals surface area contributed by atoms with Crippen LogP contribution in [0.4, 0.5) is 0 Å². The normalized spacial score (nSPS) is 15.0. The highest BCUT2D eigenvalue weighted by atomic mass is 16.5. The molecule has 1 aliphatic rings. The maximum absolute atomic E-state index is 5.92. The molecule has 0 saturated carbocycles. The van der Waals surface area contributed by atoms with Crippen LogP contribution >= 0.6 is 0 Å². The fraction of sp³-hybridized carbons (Fsp3) is 0.304. The third kappa shape index (κ3) is 3.94. The summed E-state index contributed by atoms with van der Waals surface area (Å²) in [5, 5.41) is 5.59.